The first-order valence-electron chi connectivity index (χ1n) is 10.3. The van der Waals surface area contributed by atoms with E-state index >= 15 is 4.39 Å². The minimum atomic E-state index is -4.47. The van der Waals surface area contributed by atoms with E-state index in [1.54, 1.807) is 28.5 Å². The van der Waals surface area contributed by atoms with Crippen LogP contribution in [0, 0.1) is 23.0 Å². The maximum Gasteiger partial charge on any atom is 0.267 e. The highest BCUT2D eigenvalue weighted by atomic mass is 32.2. The average Bonchev–Trinajstić information content (AvgIpc) is 3.32. The number of hydrogen-bond donors (Lipinski definition) is 1. The van der Waals surface area contributed by atoms with Gasteiger partial charge in [-0.1, -0.05) is 6.07 Å². The molecule has 4 rings (SSSR count). The SMILES string of the molecule is C=N/N=C\N(C)c1ncn2cc(-c3c(F)ccc(NS(=O)(=O)c4cc(C#N)cnc4OC)c3F)ccc12. The van der Waals surface area contributed by atoms with Crippen LogP contribution in [0.2, 0.25) is 0 Å². The highest BCUT2D eigenvalue weighted by molar-refractivity contribution is 7.92. The lowest BCUT2D eigenvalue weighted by Crippen LogP contribution is -2.16. The molecule has 4 aromatic rings. The van der Waals surface area contributed by atoms with Gasteiger partial charge < -0.3 is 14.0 Å². The third-order valence-corrected chi connectivity index (χ3v) is 6.57. The lowest BCUT2D eigenvalue weighted by molar-refractivity contribution is 0.385. The number of sulfonamides is 1. The number of hydrogen-bond acceptors (Lipinski definition) is 8. The standard InChI is InChI=1S/C23H18F2N8O3S/c1-27-30-13-32(2)22-18-7-4-15(11-33(18)12-29-22)20-16(24)5-6-17(21(20)25)31-37(34,35)19-8-14(9-26)10-28-23(19)36-3/h4-8,10-13,31H,1H2,2-3H3/b30-13-. The Bertz CT molecular complexity index is 1700. The van der Waals surface area contributed by atoms with Crippen molar-refractivity contribution < 1.29 is 21.9 Å². The molecule has 1 aromatic carbocycles. The lowest BCUT2D eigenvalue weighted by Gasteiger charge is -2.14. The van der Waals surface area contributed by atoms with Crippen LogP contribution in [0.1, 0.15) is 5.56 Å². The van der Waals surface area contributed by atoms with Gasteiger partial charge in [0.15, 0.2) is 16.5 Å². The topological polar surface area (TPSA) is 137 Å². The van der Waals surface area contributed by atoms with Gasteiger partial charge >= 0.3 is 0 Å². The third-order valence-electron chi connectivity index (χ3n) is 5.21. The highest BCUT2D eigenvalue weighted by Crippen LogP contribution is 2.33. The zero-order chi connectivity index (χ0) is 26.7. The normalized spacial score (nSPS) is 11.4. The van der Waals surface area contributed by atoms with Crippen molar-refractivity contribution in [2.45, 2.75) is 4.90 Å². The molecule has 0 spiro atoms. The molecule has 1 N–H and O–H groups in total. The molecule has 0 unspecified atom stereocenters. The van der Waals surface area contributed by atoms with Gasteiger partial charge in [-0.2, -0.15) is 10.4 Å². The molecule has 0 fully saturated rings. The molecule has 37 heavy (non-hydrogen) atoms. The third kappa shape index (κ3) is 4.80. The van der Waals surface area contributed by atoms with E-state index in [1.165, 1.54) is 32.0 Å². The number of fused-ring (bicyclic) bond motifs is 1. The second-order valence-corrected chi connectivity index (χ2v) is 9.15. The number of pyridine rings is 2. The van der Waals surface area contributed by atoms with E-state index in [2.05, 4.69) is 31.6 Å². The Morgan fingerprint density at radius 1 is 1.27 bits per heavy atom. The van der Waals surface area contributed by atoms with Gasteiger partial charge in [-0.05, 0) is 24.3 Å². The first-order valence-corrected chi connectivity index (χ1v) is 11.8. The van der Waals surface area contributed by atoms with E-state index in [0.717, 1.165) is 24.4 Å². The van der Waals surface area contributed by atoms with Gasteiger partial charge in [0.1, 0.15) is 24.6 Å². The summed E-state index contributed by atoms with van der Waals surface area (Å²) >= 11 is 0. The van der Waals surface area contributed by atoms with Crippen LogP contribution in [0.25, 0.3) is 16.6 Å². The molecule has 0 saturated carbocycles. The molecule has 188 valence electrons. The minimum absolute atomic E-state index is 0.0490. The van der Waals surface area contributed by atoms with Gasteiger partial charge in [0.05, 0.1) is 29.4 Å². The van der Waals surface area contributed by atoms with Crippen LogP contribution in [0.4, 0.5) is 20.3 Å². The number of anilines is 2. The number of halogens is 2. The van der Waals surface area contributed by atoms with Crippen LogP contribution in [-0.2, 0) is 10.0 Å². The largest absolute Gasteiger partial charge is 0.480 e. The smallest absolute Gasteiger partial charge is 0.267 e. The minimum Gasteiger partial charge on any atom is -0.480 e. The number of nitriles is 1. The number of nitrogens with zero attached hydrogens (tertiary/aromatic N) is 7. The summed E-state index contributed by atoms with van der Waals surface area (Å²) in [6, 6.07) is 7.78. The Kier molecular flexibility index (Phi) is 6.81. The predicted octanol–water partition coefficient (Wildman–Crippen LogP) is 3.44. The van der Waals surface area contributed by atoms with Gasteiger partial charge in [0.25, 0.3) is 10.0 Å². The predicted molar refractivity (Wildman–Crippen MR) is 133 cm³/mol. The number of nitrogens with one attached hydrogen (secondary N) is 1. The fourth-order valence-corrected chi connectivity index (χ4v) is 4.71. The lowest BCUT2D eigenvalue weighted by atomic mass is 10.1. The van der Waals surface area contributed by atoms with Crippen molar-refractivity contribution in [3.05, 3.63) is 66.3 Å². The van der Waals surface area contributed by atoms with Crippen LogP contribution in [-0.4, -0.2) is 50.0 Å². The molecule has 0 aliphatic heterocycles. The molecule has 3 aromatic heterocycles. The molecule has 0 bridgehead atoms. The molecule has 0 aliphatic rings. The van der Waals surface area contributed by atoms with Gasteiger partial charge in [-0.3, -0.25) is 4.72 Å². The van der Waals surface area contributed by atoms with Crippen LogP contribution in [0.15, 0.2) is 64.2 Å². The molecule has 3 heterocycles. The Morgan fingerprint density at radius 2 is 2.05 bits per heavy atom. The number of rotatable bonds is 8. The molecule has 0 radical (unpaired) electrons. The summed E-state index contributed by atoms with van der Waals surface area (Å²) in [6.45, 7) is 3.26. The molecular weight excluding hydrogens is 506 g/mol. The fraction of sp³-hybridized carbons (Fsp3) is 0.0870. The van der Waals surface area contributed by atoms with Crippen molar-refractivity contribution >= 4 is 40.1 Å². The number of ether oxygens (including phenoxy) is 1. The van der Waals surface area contributed by atoms with Gasteiger partial charge in [0.2, 0.25) is 5.88 Å². The summed E-state index contributed by atoms with van der Waals surface area (Å²) in [5.41, 5.74) is -0.287. The molecule has 0 amide bonds. The zero-order valence-corrected chi connectivity index (χ0v) is 20.2. The second-order valence-electron chi connectivity index (χ2n) is 7.49. The Labute approximate surface area is 210 Å². The molecule has 0 atom stereocenters. The van der Waals surface area contributed by atoms with Crippen molar-refractivity contribution in [1.29, 1.82) is 5.26 Å². The first kappa shape index (κ1) is 25.2. The van der Waals surface area contributed by atoms with Crippen molar-refractivity contribution in [2.24, 2.45) is 10.2 Å². The summed E-state index contributed by atoms with van der Waals surface area (Å²) < 4.78 is 65.0. The Morgan fingerprint density at radius 3 is 2.76 bits per heavy atom. The maximum atomic E-state index is 15.5. The quantitative estimate of drug-likeness (QED) is 0.212. The van der Waals surface area contributed by atoms with E-state index in [0.29, 0.717) is 11.3 Å². The summed E-state index contributed by atoms with van der Waals surface area (Å²) in [5, 5.41) is 16.2. The van der Waals surface area contributed by atoms with E-state index in [1.807, 2.05) is 0 Å². The van der Waals surface area contributed by atoms with E-state index in [-0.39, 0.29) is 17.0 Å². The maximum absolute atomic E-state index is 15.5. The van der Waals surface area contributed by atoms with Crippen LogP contribution >= 0.6 is 0 Å². The van der Waals surface area contributed by atoms with Gasteiger partial charge in [0, 0.05) is 31.7 Å². The monoisotopic (exact) mass is 524 g/mol. The number of aromatic nitrogens is 3. The van der Waals surface area contributed by atoms with Crippen LogP contribution in [0.5, 0.6) is 5.88 Å². The number of benzene rings is 1. The summed E-state index contributed by atoms with van der Waals surface area (Å²) in [5.74, 6) is -1.85. The molecule has 0 saturated heterocycles. The van der Waals surface area contributed by atoms with Crippen molar-refractivity contribution in [2.75, 3.05) is 23.8 Å². The van der Waals surface area contributed by atoms with E-state index < -0.39 is 37.8 Å². The molecule has 14 heteroatoms. The average molecular weight is 525 g/mol. The van der Waals surface area contributed by atoms with Crippen LogP contribution < -0.4 is 14.4 Å². The Hall–Kier alpha value is -4.90. The first-order chi connectivity index (χ1) is 17.7. The highest BCUT2D eigenvalue weighted by Gasteiger charge is 2.25. The fourth-order valence-electron chi connectivity index (χ4n) is 3.51. The van der Waals surface area contributed by atoms with Gasteiger partial charge in [-0.15, -0.1) is 5.10 Å². The van der Waals surface area contributed by atoms with Crippen molar-refractivity contribution in [3.8, 4) is 23.1 Å². The van der Waals surface area contributed by atoms with E-state index in [4.69, 9.17) is 10.00 Å². The second kappa shape index (κ2) is 9.99. The van der Waals surface area contributed by atoms with E-state index in [9.17, 15) is 12.8 Å². The van der Waals surface area contributed by atoms with Crippen molar-refractivity contribution in [1.82, 2.24) is 14.4 Å². The summed E-state index contributed by atoms with van der Waals surface area (Å²) in [7, 11) is -1.58. The van der Waals surface area contributed by atoms with Gasteiger partial charge in [-0.25, -0.2) is 27.2 Å². The van der Waals surface area contributed by atoms with Crippen molar-refractivity contribution in [3.63, 3.8) is 0 Å². The summed E-state index contributed by atoms with van der Waals surface area (Å²) in [6.07, 6.45) is 5.43. The number of methoxy groups -OCH3 is 1. The zero-order valence-electron chi connectivity index (χ0n) is 19.4. The van der Waals surface area contributed by atoms with Crippen LogP contribution in [0.3, 0.4) is 0 Å². The molecule has 0 aliphatic carbocycles. The number of imidazole rings is 1. The molecule has 11 nitrogen and oxygen atoms in total. The Balaban J connectivity index is 1.75. The molecular formula is C23H18F2N8O3S. The summed E-state index contributed by atoms with van der Waals surface area (Å²) in [4.78, 5) is 9.17.